The average Bonchev–Trinajstić information content (AvgIpc) is 3.71. The Morgan fingerprint density at radius 2 is 0.979 bits per heavy atom. The summed E-state index contributed by atoms with van der Waals surface area (Å²) in [6.07, 6.45) is 0. The van der Waals surface area contributed by atoms with Gasteiger partial charge in [0, 0.05) is 38.3 Å². The first-order chi connectivity index (χ1) is 23.5. The summed E-state index contributed by atoms with van der Waals surface area (Å²) in [5, 5.41) is 5.13. The second-order valence-corrected chi connectivity index (χ2v) is 13.9. The van der Waals surface area contributed by atoms with Crippen LogP contribution in [0.2, 0.25) is 0 Å². The van der Waals surface area contributed by atoms with Gasteiger partial charge in [0.2, 0.25) is 0 Å². The van der Waals surface area contributed by atoms with E-state index in [1.54, 1.807) is 0 Å². The van der Waals surface area contributed by atoms with Gasteiger partial charge in [0.05, 0.1) is 22.1 Å². The van der Waals surface area contributed by atoms with Crippen LogP contribution in [0.1, 0.15) is 30.5 Å². The Labute approximate surface area is 280 Å². The van der Waals surface area contributed by atoms with Gasteiger partial charge in [-0.25, -0.2) is 0 Å². The molecule has 0 aliphatic heterocycles. The van der Waals surface area contributed by atoms with E-state index in [-0.39, 0.29) is 5.41 Å². The predicted molar refractivity (Wildman–Crippen MR) is 203 cm³/mol. The first-order valence-electron chi connectivity index (χ1n) is 16.9. The van der Waals surface area contributed by atoms with Crippen LogP contribution in [-0.4, -0.2) is 9.13 Å². The highest BCUT2D eigenvalue weighted by Crippen LogP contribution is 2.52. The number of aromatic nitrogens is 2. The van der Waals surface area contributed by atoms with Crippen LogP contribution in [0.5, 0.6) is 0 Å². The van der Waals surface area contributed by atoms with Crippen molar-refractivity contribution in [2.45, 2.75) is 26.2 Å². The summed E-state index contributed by atoms with van der Waals surface area (Å²) in [6.45, 7) is 7.06. The van der Waals surface area contributed by atoms with Crippen LogP contribution in [0.4, 0.5) is 0 Å². The zero-order chi connectivity index (χ0) is 32.1. The van der Waals surface area contributed by atoms with Crippen LogP contribution in [0.15, 0.2) is 152 Å². The molecule has 0 unspecified atom stereocenters. The summed E-state index contributed by atoms with van der Waals surface area (Å²) in [5.74, 6) is 0. The van der Waals surface area contributed by atoms with E-state index in [2.05, 4.69) is 182 Å². The van der Waals surface area contributed by atoms with Crippen molar-refractivity contribution < 1.29 is 0 Å². The summed E-state index contributed by atoms with van der Waals surface area (Å²) in [7, 11) is 0. The monoisotopic (exact) mass is 614 g/mol. The topological polar surface area (TPSA) is 9.86 Å². The van der Waals surface area contributed by atoms with E-state index in [0.717, 1.165) is 0 Å². The van der Waals surface area contributed by atoms with Gasteiger partial charge < -0.3 is 9.13 Å². The molecule has 0 spiro atoms. The molecule has 0 radical (unpaired) electrons. The van der Waals surface area contributed by atoms with Crippen molar-refractivity contribution in [2.24, 2.45) is 0 Å². The smallest absolute Gasteiger partial charge is 0.0541 e. The number of benzene rings is 7. The van der Waals surface area contributed by atoms with Crippen molar-refractivity contribution in [1.29, 1.82) is 0 Å². The van der Waals surface area contributed by atoms with Crippen LogP contribution in [0.3, 0.4) is 0 Å². The normalized spacial score (nSPS) is 13.5. The second kappa shape index (κ2) is 9.82. The molecule has 0 N–H and O–H groups in total. The van der Waals surface area contributed by atoms with Gasteiger partial charge >= 0.3 is 0 Å². The molecule has 7 aromatic carbocycles. The molecule has 0 amide bonds. The summed E-state index contributed by atoms with van der Waals surface area (Å²) < 4.78 is 4.82. The van der Waals surface area contributed by atoms with Crippen LogP contribution >= 0.6 is 0 Å². The molecule has 0 fully saturated rings. The lowest BCUT2D eigenvalue weighted by molar-refractivity contribution is 0.655. The average molecular weight is 615 g/mol. The molecule has 2 aromatic heterocycles. The number of hydrogen-bond acceptors (Lipinski definition) is 0. The van der Waals surface area contributed by atoms with Crippen molar-refractivity contribution in [3.05, 3.63) is 168 Å². The maximum Gasteiger partial charge on any atom is 0.0541 e. The second-order valence-electron chi connectivity index (χ2n) is 13.9. The summed E-state index contributed by atoms with van der Waals surface area (Å²) in [6, 6.07) is 56.0. The summed E-state index contributed by atoms with van der Waals surface area (Å²) in [4.78, 5) is 0. The number of rotatable bonds is 3. The molecular formula is C46H34N2. The van der Waals surface area contributed by atoms with Crippen LogP contribution in [0, 0.1) is 6.92 Å². The van der Waals surface area contributed by atoms with Gasteiger partial charge in [-0.05, 0) is 107 Å². The van der Waals surface area contributed by atoms with Gasteiger partial charge in [0.15, 0.2) is 0 Å². The van der Waals surface area contributed by atoms with E-state index < -0.39 is 0 Å². The van der Waals surface area contributed by atoms with Crippen molar-refractivity contribution in [3.8, 4) is 33.6 Å². The van der Waals surface area contributed by atoms with Crippen LogP contribution in [-0.2, 0) is 5.41 Å². The maximum absolute atomic E-state index is 2.45. The molecule has 0 saturated heterocycles. The lowest BCUT2D eigenvalue weighted by Gasteiger charge is -2.24. The lowest BCUT2D eigenvalue weighted by Crippen LogP contribution is -2.16. The standard InChI is InChI=1S/C46H34N2/c1-29-25-31(30-21-24-44-38(26-30)36-17-9-12-20-43(36)47(44)32-13-5-4-6-14-32)27-39-37-28-33(22-23-40(37)46(2,3)45(29)39)48-41-18-10-7-15-34(41)35-16-8-11-19-42(35)48/h4-28H,1-3H3. The third-order valence-electron chi connectivity index (χ3n) is 10.8. The number of nitrogens with zero attached hydrogens (tertiary/aromatic N) is 2. The van der Waals surface area contributed by atoms with E-state index in [1.165, 1.54) is 93.9 Å². The van der Waals surface area contributed by atoms with Gasteiger partial charge in [-0.1, -0.05) is 105 Å². The quantitative estimate of drug-likeness (QED) is 0.187. The summed E-state index contributed by atoms with van der Waals surface area (Å²) >= 11 is 0. The Morgan fingerprint density at radius 3 is 1.65 bits per heavy atom. The van der Waals surface area contributed by atoms with Crippen LogP contribution < -0.4 is 0 Å². The van der Waals surface area contributed by atoms with Crippen molar-refractivity contribution >= 4 is 43.6 Å². The van der Waals surface area contributed by atoms with E-state index in [1.807, 2.05) is 0 Å². The molecule has 228 valence electrons. The fourth-order valence-corrected chi connectivity index (χ4v) is 8.78. The Hall–Kier alpha value is -5.86. The minimum absolute atomic E-state index is 0.0836. The molecular weight excluding hydrogens is 581 g/mol. The van der Waals surface area contributed by atoms with Crippen molar-refractivity contribution in [2.75, 3.05) is 0 Å². The molecule has 48 heavy (non-hydrogen) atoms. The SMILES string of the molecule is Cc1cc(-c2ccc3c(c2)c2ccccc2n3-c2ccccc2)cc2c1C(C)(C)c1ccc(-n3c4ccccc4c4ccccc43)cc1-2. The highest BCUT2D eigenvalue weighted by Gasteiger charge is 2.37. The minimum atomic E-state index is -0.0836. The fourth-order valence-electron chi connectivity index (χ4n) is 8.78. The van der Waals surface area contributed by atoms with E-state index in [9.17, 15) is 0 Å². The Balaban J connectivity index is 1.18. The van der Waals surface area contributed by atoms with Gasteiger partial charge in [0.1, 0.15) is 0 Å². The number of fused-ring (bicyclic) bond motifs is 9. The van der Waals surface area contributed by atoms with E-state index in [0.29, 0.717) is 0 Å². The molecule has 0 atom stereocenters. The fraction of sp³-hybridized carbons (Fsp3) is 0.0870. The third kappa shape index (κ3) is 3.69. The van der Waals surface area contributed by atoms with Crippen LogP contribution in [0.25, 0.3) is 77.2 Å². The molecule has 2 nitrogen and oxygen atoms in total. The highest BCUT2D eigenvalue weighted by molar-refractivity contribution is 6.11. The molecule has 9 aromatic rings. The molecule has 0 saturated carbocycles. The zero-order valence-electron chi connectivity index (χ0n) is 27.3. The Morgan fingerprint density at radius 1 is 0.417 bits per heavy atom. The number of para-hydroxylation sites is 4. The molecule has 0 bridgehead atoms. The number of aryl methyl sites for hydroxylation is 1. The van der Waals surface area contributed by atoms with Crippen molar-refractivity contribution in [3.63, 3.8) is 0 Å². The highest BCUT2D eigenvalue weighted by atomic mass is 15.0. The van der Waals surface area contributed by atoms with Crippen molar-refractivity contribution in [1.82, 2.24) is 9.13 Å². The Bertz CT molecular complexity index is 2700. The molecule has 2 heteroatoms. The van der Waals surface area contributed by atoms with Gasteiger partial charge in [-0.2, -0.15) is 0 Å². The van der Waals surface area contributed by atoms with Gasteiger partial charge in [0.25, 0.3) is 0 Å². The largest absolute Gasteiger partial charge is 0.309 e. The van der Waals surface area contributed by atoms with E-state index in [4.69, 9.17) is 0 Å². The summed E-state index contributed by atoms with van der Waals surface area (Å²) in [5.41, 5.74) is 16.6. The molecule has 1 aliphatic carbocycles. The first kappa shape index (κ1) is 27.3. The minimum Gasteiger partial charge on any atom is -0.309 e. The zero-order valence-corrected chi connectivity index (χ0v) is 27.3. The predicted octanol–water partition coefficient (Wildman–Crippen LogP) is 12.2. The van der Waals surface area contributed by atoms with E-state index >= 15 is 0 Å². The van der Waals surface area contributed by atoms with Gasteiger partial charge in [-0.3, -0.25) is 0 Å². The molecule has 1 aliphatic rings. The number of hydrogen-bond donors (Lipinski definition) is 0. The lowest BCUT2D eigenvalue weighted by atomic mass is 9.80. The molecule has 10 rings (SSSR count). The molecule has 2 heterocycles. The third-order valence-corrected chi connectivity index (χ3v) is 10.8. The van der Waals surface area contributed by atoms with Gasteiger partial charge in [-0.15, -0.1) is 0 Å². The maximum atomic E-state index is 2.45. The first-order valence-corrected chi connectivity index (χ1v) is 16.9. The Kier molecular flexibility index (Phi) is 5.58.